The van der Waals surface area contributed by atoms with Crippen molar-refractivity contribution in [3.05, 3.63) is 48.0 Å². The molecular weight excluding hydrogens is 234 g/mol. The molecule has 19 heavy (non-hydrogen) atoms. The molecule has 1 aliphatic heterocycles. The molecule has 1 N–H and O–H groups in total. The molecule has 0 aromatic heterocycles. The number of anilines is 1. The van der Waals surface area contributed by atoms with E-state index in [2.05, 4.69) is 61.6 Å². The highest BCUT2D eigenvalue weighted by atomic mass is 16.5. The standard InChI is InChI=1S/C17H19NO/c1-12(2)13-3-5-14(6-4-13)15-7-8-16-17(11-15)19-10-9-18-16/h3-8,11-12,18H,9-10H2,1-2H3. The largest absolute Gasteiger partial charge is 0.490 e. The number of nitrogens with one attached hydrogen (secondary N) is 1. The minimum atomic E-state index is 0.574. The van der Waals surface area contributed by atoms with Crippen LogP contribution in [0.1, 0.15) is 25.3 Å². The van der Waals surface area contributed by atoms with Gasteiger partial charge in [0, 0.05) is 6.54 Å². The zero-order chi connectivity index (χ0) is 13.2. The van der Waals surface area contributed by atoms with Gasteiger partial charge in [-0.15, -0.1) is 0 Å². The maximum absolute atomic E-state index is 5.69. The summed E-state index contributed by atoms with van der Waals surface area (Å²) in [5, 5.41) is 3.34. The Kier molecular flexibility index (Phi) is 3.16. The van der Waals surface area contributed by atoms with Crippen molar-refractivity contribution >= 4 is 5.69 Å². The van der Waals surface area contributed by atoms with E-state index in [1.165, 1.54) is 16.7 Å². The van der Waals surface area contributed by atoms with Crippen LogP contribution in [0.25, 0.3) is 11.1 Å². The number of hydrogen-bond donors (Lipinski definition) is 1. The Balaban J connectivity index is 1.93. The lowest BCUT2D eigenvalue weighted by atomic mass is 9.98. The molecule has 1 heterocycles. The van der Waals surface area contributed by atoms with E-state index in [1.807, 2.05) is 0 Å². The fourth-order valence-corrected chi connectivity index (χ4v) is 2.37. The first-order valence-electron chi connectivity index (χ1n) is 6.85. The summed E-state index contributed by atoms with van der Waals surface area (Å²) in [6, 6.07) is 15.1. The Morgan fingerprint density at radius 2 is 1.74 bits per heavy atom. The van der Waals surface area contributed by atoms with Crippen LogP contribution in [0.5, 0.6) is 5.75 Å². The first kappa shape index (κ1) is 12.1. The van der Waals surface area contributed by atoms with E-state index in [4.69, 9.17) is 4.74 Å². The van der Waals surface area contributed by atoms with Gasteiger partial charge in [0.2, 0.25) is 0 Å². The number of rotatable bonds is 2. The number of fused-ring (bicyclic) bond motifs is 1. The average Bonchev–Trinajstić information content (AvgIpc) is 2.47. The lowest BCUT2D eigenvalue weighted by Gasteiger charge is -2.19. The average molecular weight is 253 g/mol. The number of benzene rings is 2. The van der Waals surface area contributed by atoms with Gasteiger partial charge < -0.3 is 10.1 Å². The lowest BCUT2D eigenvalue weighted by molar-refractivity contribution is 0.323. The Labute approximate surface area is 114 Å². The predicted molar refractivity (Wildman–Crippen MR) is 80.0 cm³/mol. The van der Waals surface area contributed by atoms with E-state index in [9.17, 15) is 0 Å². The second kappa shape index (κ2) is 4.96. The van der Waals surface area contributed by atoms with E-state index in [1.54, 1.807) is 0 Å². The van der Waals surface area contributed by atoms with Gasteiger partial charge in [0.1, 0.15) is 12.4 Å². The lowest BCUT2D eigenvalue weighted by Crippen LogP contribution is -2.17. The minimum absolute atomic E-state index is 0.574. The zero-order valence-corrected chi connectivity index (χ0v) is 11.4. The topological polar surface area (TPSA) is 21.3 Å². The second-order valence-electron chi connectivity index (χ2n) is 5.26. The Morgan fingerprint density at radius 1 is 1.00 bits per heavy atom. The van der Waals surface area contributed by atoms with Crippen LogP contribution in [-0.4, -0.2) is 13.2 Å². The summed E-state index contributed by atoms with van der Waals surface area (Å²) in [6.07, 6.45) is 0. The molecule has 2 heteroatoms. The fourth-order valence-electron chi connectivity index (χ4n) is 2.37. The third-order valence-corrected chi connectivity index (χ3v) is 3.57. The third-order valence-electron chi connectivity index (χ3n) is 3.57. The second-order valence-corrected chi connectivity index (χ2v) is 5.26. The van der Waals surface area contributed by atoms with Gasteiger partial charge in [-0.2, -0.15) is 0 Å². The van der Waals surface area contributed by atoms with Crippen molar-refractivity contribution in [3.8, 4) is 16.9 Å². The van der Waals surface area contributed by atoms with Crippen molar-refractivity contribution in [3.63, 3.8) is 0 Å². The highest BCUT2D eigenvalue weighted by molar-refractivity contribution is 5.71. The molecule has 2 aromatic carbocycles. The maximum atomic E-state index is 5.69. The quantitative estimate of drug-likeness (QED) is 0.862. The summed E-state index contributed by atoms with van der Waals surface area (Å²) in [5.74, 6) is 1.53. The SMILES string of the molecule is CC(C)c1ccc(-c2ccc3c(c2)OCCN3)cc1. The monoisotopic (exact) mass is 253 g/mol. The molecule has 0 atom stereocenters. The van der Waals surface area contributed by atoms with Crippen molar-refractivity contribution in [2.24, 2.45) is 0 Å². The van der Waals surface area contributed by atoms with Crippen molar-refractivity contribution < 1.29 is 4.74 Å². The van der Waals surface area contributed by atoms with Crippen LogP contribution in [0.15, 0.2) is 42.5 Å². The summed E-state index contributed by atoms with van der Waals surface area (Å²) in [6.45, 7) is 6.05. The van der Waals surface area contributed by atoms with Gasteiger partial charge in [0.05, 0.1) is 5.69 Å². The summed E-state index contributed by atoms with van der Waals surface area (Å²) >= 11 is 0. The van der Waals surface area contributed by atoms with Gasteiger partial charge in [-0.05, 0) is 34.7 Å². The van der Waals surface area contributed by atoms with E-state index < -0.39 is 0 Å². The predicted octanol–water partition coefficient (Wildman–Crippen LogP) is 4.28. The fraction of sp³-hybridized carbons (Fsp3) is 0.294. The van der Waals surface area contributed by atoms with E-state index in [0.29, 0.717) is 5.92 Å². The van der Waals surface area contributed by atoms with E-state index in [0.717, 1.165) is 24.6 Å². The summed E-state index contributed by atoms with van der Waals surface area (Å²) in [5.41, 5.74) is 4.91. The van der Waals surface area contributed by atoms with E-state index >= 15 is 0 Å². The van der Waals surface area contributed by atoms with Gasteiger partial charge in [0.15, 0.2) is 0 Å². The van der Waals surface area contributed by atoms with Gasteiger partial charge >= 0.3 is 0 Å². The van der Waals surface area contributed by atoms with Crippen molar-refractivity contribution in [1.82, 2.24) is 0 Å². The molecule has 0 unspecified atom stereocenters. The first-order chi connectivity index (χ1) is 9.24. The molecule has 98 valence electrons. The maximum Gasteiger partial charge on any atom is 0.143 e. The van der Waals surface area contributed by atoms with Gasteiger partial charge in [-0.3, -0.25) is 0 Å². The minimum Gasteiger partial charge on any atom is -0.490 e. The summed E-state index contributed by atoms with van der Waals surface area (Å²) in [7, 11) is 0. The van der Waals surface area contributed by atoms with Gasteiger partial charge in [-0.1, -0.05) is 44.2 Å². The molecule has 0 bridgehead atoms. The van der Waals surface area contributed by atoms with Crippen LogP contribution in [0.2, 0.25) is 0 Å². The molecule has 0 aliphatic carbocycles. The molecule has 3 rings (SSSR count). The molecule has 0 saturated heterocycles. The van der Waals surface area contributed by atoms with Crippen LogP contribution in [0.3, 0.4) is 0 Å². The molecular formula is C17H19NO. The van der Waals surface area contributed by atoms with E-state index in [-0.39, 0.29) is 0 Å². The van der Waals surface area contributed by atoms with Crippen molar-refractivity contribution in [2.75, 3.05) is 18.5 Å². The number of ether oxygens (including phenoxy) is 1. The summed E-state index contributed by atoms with van der Waals surface area (Å²) < 4.78 is 5.69. The van der Waals surface area contributed by atoms with Crippen molar-refractivity contribution in [2.45, 2.75) is 19.8 Å². The molecule has 0 amide bonds. The molecule has 2 aromatic rings. The smallest absolute Gasteiger partial charge is 0.143 e. The van der Waals surface area contributed by atoms with Gasteiger partial charge in [0.25, 0.3) is 0 Å². The highest BCUT2D eigenvalue weighted by Gasteiger charge is 2.10. The van der Waals surface area contributed by atoms with Crippen LogP contribution in [0.4, 0.5) is 5.69 Å². The molecule has 0 saturated carbocycles. The van der Waals surface area contributed by atoms with Crippen LogP contribution >= 0.6 is 0 Å². The van der Waals surface area contributed by atoms with Crippen LogP contribution in [0, 0.1) is 0 Å². The molecule has 2 nitrogen and oxygen atoms in total. The Morgan fingerprint density at radius 3 is 2.47 bits per heavy atom. The van der Waals surface area contributed by atoms with Crippen molar-refractivity contribution in [1.29, 1.82) is 0 Å². The Bertz CT molecular complexity index is 572. The molecule has 0 spiro atoms. The number of hydrogen-bond acceptors (Lipinski definition) is 2. The third kappa shape index (κ3) is 2.43. The summed E-state index contributed by atoms with van der Waals surface area (Å²) in [4.78, 5) is 0. The normalized spacial score (nSPS) is 13.6. The Hall–Kier alpha value is -1.96. The van der Waals surface area contributed by atoms with Crippen LogP contribution < -0.4 is 10.1 Å². The molecule has 0 fully saturated rings. The highest BCUT2D eigenvalue weighted by Crippen LogP contribution is 2.32. The zero-order valence-electron chi connectivity index (χ0n) is 11.4. The van der Waals surface area contributed by atoms with Gasteiger partial charge in [-0.25, -0.2) is 0 Å². The molecule has 1 aliphatic rings. The van der Waals surface area contributed by atoms with Crippen LogP contribution in [-0.2, 0) is 0 Å². The first-order valence-corrected chi connectivity index (χ1v) is 6.85. The molecule has 0 radical (unpaired) electrons.